The van der Waals surface area contributed by atoms with E-state index in [0.717, 1.165) is 19.4 Å². The van der Waals surface area contributed by atoms with E-state index in [4.69, 9.17) is 5.73 Å². The van der Waals surface area contributed by atoms with Gasteiger partial charge in [-0.2, -0.15) is 13.2 Å². The summed E-state index contributed by atoms with van der Waals surface area (Å²) >= 11 is 0. The average molecular weight is 192 g/mol. The quantitative estimate of drug-likeness (QED) is 0.736. The minimum absolute atomic E-state index is 0.319. The van der Waals surface area contributed by atoms with Crippen LogP contribution < -0.4 is 10.5 Å². The second kappa shape index (κ2) is 3.12. The second-order valence-electron chi connectivity index (χ2n) is 2.27. The number of ether oxygens (including phenoxy) is 1. The molecule has 0 aliphatic heterocycles. The first-order valence-electron chi connectivity index (χ1n) is 3.32. The van der Waals surface area contributed by atoms with Gasteiger partial charge in [-0.25, -0.2) is 4.98 Å². The zero-order chi connectivity index (χ0) is 10.1. The first-order chi connectivity index (χ1) is 5.96. The molecule has 13 heavy (non-hydrogen) atoms. The molecule has 0 bridgehead atoms. The summed E-state index contributed by atoms with van der Waals surface area (Å²) in [5, 5.41) is 0. The SMILES string of the molecule is COc1ccnc(N)c1C(F)(F)F. The van der Waals surface area contributed by atoms with Gasteiger partial charge in [-0.3, -0.25) is 0 Å². The smallest absolute Gasteiger partial charge is 0.423 e. The van der Waals surface area contributed by atoms with Crippen LogP contribution in [0.1, 0.15) is 5.56 Å². The summed E-state index contributed by atoms with van der Waals surface area (Å²) in [5.41, 5.74) is 4.04. The number of methoxy groups -OCH3 is 1. The van der Waals surface area contributed by atoms with Crippen molar-refractivity contribution in [3.8, 4) is 5.75 Å². The number of hydrogen-bond acceptors (Lipinski definition) is 3. The lowest BCUT2D eigenvalue weighted by Gasteiger charge is -2.12. The van der Waals surface area contributed by atoms with E-state index in [1.54, 1.807) is 0 Å². The summed E-state index contributed by atoms with van der Waals surface area (Å²) in [5.74, 6) is -0.896. The maximum absolute atomic E-state index is 12.3. The summed E-state index contributed by atoms with van der Waals surface area (Å²) in [4.78, 5) is 3.33. The number of nitrogen functional groups attached to an aromatic ring is 1. The summed E-state index contributed by atoms with van der Waals surface area (Å²) in [6.45, 7) is 0. The molecule has 0 unspecified atom stereocenters. The van der Waals surface area contributed by atoms with Crippen LogP contribution in [-0.2, 0) is 6.18 Å². The Hall–Kier alpha value is -1.46. The van der Waals surface area contributed by atoms with Crippen LogP contribution in [0.15, 0.2) is 12.3 Å². The Morgan fingerprint density at radius 2 is 2.08 bits per heavy atom. The van der Waals surface area contributed by atoms with Gasteiger partial charge < -0.3 is 10.5 Å². The molecule has 0 aliphatic carbocycles. The molecule has 2 N–H and O–H groups in total. The lowest BCUT2D eigenvalue weighted by atomic mass is 10.2. The number of nitrogens with zero attached hydrogens (tertiary/aromatic N) is 1. The Balaban J connectivity index is 3.32. The third-order valence-electron chi connectivity index (χ3n) is 1.45. The number of hydrogen-bond donors (Lipinski definition) is 1. The van der Waals surface area contributed by atoms with Gasteiger partial charge in [-0.15, -0.1) is 0 Å². The van der Waals surface area contributed by atoms with Gasteiger partial charge in [0.05, 0.1) is 7.11 Å². The zero-order valence-electron chi connectivity index (χ0n) is 6.72. The van der Waals surface area contributed by atoms with Crippen molar-refractivity contribution in [1.29, 1.82) is 0 Å². The van der Waals surface area contributed by atoms with Gasteiger partial charge in [-0.05, 0) is 6.07 Å². The van der Waals surface area contributed by atoms with Crippen molar-refractivity contribution in [2.45, 2.75) is 6.18 Å². The largest absolute Gasteiger partial charge is 0.496 e. The van der Waals surface area contributed by atoms with Crippen molar-refractivity contribution in [3.63, 3.8) is 0 Å². The molecule has 0 saturated carbocycles. The number of rotatable bonds is 1. The van der Waals surface area contributed by atoms with Crippen LogP contribution in [0.25, 0.3) is 0 Å². The van der Waals surface area contributed by atoms with Gasteiger partial charge in [0, 0.05) is 6.20 Å². The standard InChI is InChI=1S/C7H7F3N2O/c1-13-4-2-3-12-6(11)5(4)7(8,9)10/h2-3H,1H3,(H2,11,12). The van der Waals surface area contributed by atoms with E-state index in [9.17, 15) is 13.2 Å². The highest BCUT2D eigenvalue weighted by molar-refractivity contribution is 5.50. The van der Waals surface area contributed by atoms with E-state index < -0.39 is 17.6 Å². The second-order valence-corrected chi connectivity index (χ2v) is 2.27. The molecular formula is C7H7F3N2O. The van der Waals surface area contributed by atoms with E-state index in [-0.39, 0.29) is 5.75 Å². The normalized spacial score (nSPS) is 11.4. The highest BCUT2D eigenvalue weighted by Gasteiger charge is 2.37. The summed E-state index contributed by atoms with van der Waals surface area (Å²) in [7, 11) is 1.14. The molecule has 6 heteroatoms. The maximum Gasteiger partial charge on any atom is 0.423 e. The Labute approximate surface area is 72.3 Å². The molecule has 0 fully saturated rings. The third kappa shape index (κ3) is 1.82. The molecular weight excluding hydrogens is 185 g/mol. The summed E-state index contributed by atoms with van der Waals surface area (Å²) in [6, 6.07) is 1.11. The van der Waals surface area contributed by atoms with Crippen molar-refractivity contribution in [2.75, 3.05) is 12.8 Å². The number of aromatic nitrogens is 1. The van der Waals surface area contributed by atoms with Crippen molar-refractivity contribution in [1.82, 2.24) is 4.98 Å². The zero-order valence-corrected chi connectivity index (χ0v) is 6.72. The molecule has 0 saturated heterocycles. The summed E-state index contributed by atoms with van der Waals surface area (Å²) < 4.78 is 41.4. The molecule has 0 amide bonds. The minimum atomic E-state index is -4.54. The number of anilines is 1. The van der Waals surface area contributed by atoms with Crippen LogP contribution in [0.4, 0.5) is 19.0 Å². The van der Waals surface area contributed by atoms with Crippen LogP contribution in [0.5, 0.6) is 5.75 Å². The van der Waals surface area contributed by atoms with Crippen LogP contribution >= 0.6 is 0 Å². The Morgan fingerprint density at radius 1 is 1.46 bits per heavy atom. The first kappa shape index (κ1) is 9.63. The van der Waals surface area contributed by atoms with Crippen LogP contribution in [-0.4, -0.2) is 12.1 Å². The highest BCUT2D eigenvalue weighted by atomic mass is 19.4. The van der Waals surface area contributed by atoms with Crippen molar-refractivity contribution in [3.05, 3.63) is 17.8 Å². The predicted octanol–water partition coefficient (Wildman–Crippen LogP) is 1.69. The Morgan fingerprint density at radius 3 is 2.46 bits per heavy atom. The van der Waals surface area contributed by atoms with Gasteiger partial charge in [0.1, 0.15) is 17.1 Å². The number of halogens is 3. The molecule has 1 heterocycles. The van der Waals surface area contributed by atoms with Crippen LogP contribution in [0.2, 0.25) is 0 Å². The van der Waals surface area contributed by atoms with Gasteiger partial charge in [0.25, 0.3) is 0 Å². The minimum Gasteiger partial charge on any atom is -0.496 e. The van der Waals surface area contributed by atoms with E-state index in [1.165, 1.54) is 0 Å². The van der Waals surface area contributed by atoms with Crippen molar-refractivity contribution in [2.24, 2.45) is 0 Å². The molecule has 0 radical (unpaired) electrons. The lowest BCUT2D eigenvalue weighted by molar-refractivity contribution is -0.138. The molecule has 3 nitrogen and oxygen atoms in total. The number of alkyl halides is 3. The average Bonchev–Trinajstić information content (AvgIpc) is 2.01. The van der Waals surface area contributed by atoms with E-state index in [2.05, 4.69) is 9.72 Å². The molecule has 1 rings (SSSR count). The fraction of sp³-hybridized carbons (Fsp3) is 0.286. The third-order valence-corrected chi connectivity index (χ3v) is 1.45. The van der Waals surface area contributed by atoms with Crippen molar-refractivity contribution >= 4 is 5.82 Å². The van der Waals surface area contributed by atoms with Gasteiger partial charge in [0.2, 0.25) is 0 Å². The lowest BCUT2D eigenvalue weighted by Crippen LogP contribution is -2.12. The molecule has 1 aromatic rings. The molecule has 0 atom stereocenters. The topological polar surface area (TPSA) is 48.1 Å². The highest BCUT2D eigenvalue weighted by Crippen LogP contribution is 2.38. The number of nitrogens with two attached hydrogens (primary N) is 1. The van der Waals surface area contributed by atoms with E-state index in [1.807, 2.05) is 0 Å². The van der Waals surface area contributed by atoms with Crippen LogP contribution in [0.3, 0.4) is 0 Å². The van der Waals surface area contributed by atoms with Gasteiger partial charge in [0.15, 0.2) is 0 Å². The fourth-order valence-electron chi connectivity index (χ4n) is 0.914. The van der Waals surface area contributed by atoms with Gasteiger partial charge >= 0.3 is 6.18 Å². The molecule has 1 aromatic heterocycles. The number of pyridine rings is 1. The fourth-order valence-corrected chi connectivity index (χ4v) is 0.914. The monoisotopic (exact) mass is 192 g/mol. The Kier molecular flexibility index (Phi) is 2.31. The maximum atomic E-state index is 12.3. The van der Waals surface area contributed by atoms with E-state index >= 15 is 0 Å². The molecule has 0 spiro atoms. The molecule has 0 aromatic carbocycles. The Bertz CT molecular complexity index is 311. The molecule has 0 aliphatic rings. The summed E-state index contributed by atoms with van der Waals surface area (Å²) in [6.07, 6.45) is -3.38. The first-order valence-corrected chi connectivity index (χ1v) is 3.32. The predicted molar refractivity (Wildman–Crippen MR) is 40.2 cm³/mol. The van der Waals surface area contributed by atoms with Crippen LogP contribution in [0, 0.1) is 0 Å². The van der Waals surface area contributed by atoms with Gasteiger partial charge in [-0.1, -0.05) is 0 Å². The van der Waals surface area contributed by atoms with E-state index in [0.29, 0.717) is 0 Å². The van der Waals surface area contributed by atoms with Crippen molar-refractivity contribution < 1.29 is 17.9 Å². The molecule has 72 valence electrons.